The lowest BCUT2D eigenvalue weighted by atomic mass is 10.1. The van der Waals surface area contributed by atoms with E-state index >= 15 is 0 Å². The van der Waals surface area contributed by atoms with Crippen molar-refractivity contribution in [3.8, 4) is 0 Å². The molecule has 13 heavy (non-hydrogen) atoms. The van der Waals surface area contributed by atoms with Crippen LogP contribution in [0.25, 0.3) is 0 Å². The summed E-state index contributed by atoms with van der Waals surface area (Å²) in [4.78, 5) is 20.2. The van der Waals surface area contributed by atoms with Gasteiger partial charge < -0.3 is 5.11 Å². The number of rotatable bonds is 1. The first-order valence-electron chi connectivity index (χ1n) is 3.74. The normalized spacial score (nSPS) is 19.2. The van der Waals surface area contributed by atoms with E-state index in [1.165, 1.54) is 6.08 Å². The van der Waals surface area contributed by atoms with Gasteiger partial charge in [0.25, 0.3) is 0 Å². The maximum absolute atomic E-state index is 10.8. The van der Waals surface area contributed by atoms with Crippen LogP contribution in [0.1, 0.15) is 0 Å². The minimum Gasteiger partial charge on any atom is -0.478 e. The van der Waals surface area contributed by atoms with Crippen molar-refractivity contribution in [2.24, 2.45) is 9.98 Å². The standard InChI is InChI=1S/C8H7N3O2/c12-8(13)6-2-1-3-11-5-9-4-10-7(6)11/h1-3,5H,4H2,(H,12,13). The lowest BCUT2D eigenvalue weighted by molar-refractivity contribution is -0.132. The van der Waals surface area contributed by atoms with Crippen molar-refractivity contribution in [1.82, 2.24) is 4.90 Å². The Hall–Kier alpha value is -1.91. The highest BCUT2D eigenvalue weighted by Gasteiger charge is 2.22. The molecule has 1 N–H and O–H groups in total. The summed E-state index contributed by atoms with van der Waals surface area (Å²) < 4.78 is 0. The number of carboxylic acids is 1. The molecule has 2 rings (SSSR count). The third-order valence-electron chi connectivity index (χ3n) is 1.73. The molecular weight excluding hydrogens is 170 g/mol. The fourth-order valence-electron chi connectivity index (χ4n) is 1.18. The van der Waals surface area contributed by atoms with Crippen molar-refractivity contribution in [2.45, 2.75) is 0 Å². The Morgan fingerprint density at radius 2 is 2.46 bits per heavy atom. The van der Waals surface area contributed by atoms with Crippen LogP contribution in [-0.2, 0) is 4.79 Å². The van der Waals surface area contributed by atoms with E-state index in [0.717, 1.165) is 0 Å². The molecule has 2 heterocycles. The van der Waals surface area contributed by atoms with Gasteiger partial charge in [-0.2, -0.15) is 0 Å². The highest BCUT2D eigenvalue weighted by molar-refractivity contribution is 6.22. The molecule has 0 saturated heterocycles. The first-order chi connectivity index (χ1) is 6.29. The molecule has 0 fully saturated rings. The smallest absolute Gasteiger partial charge is 0.339 e. The van der Waals surface area contributed by atoms with Gasteiger partial charge in [0.15, 0.2) is 0 Å². The SMILES string of the molecule is O=C(O)C1=CC=CN2C=NCN=C12. The zero-order chi connectivity index (χ0) is 9.26. The molecule has 0 aromatic carbocycles. The fourth-order valence-corrected chi connectivity index (χ4v) is 1.18. The van der Waals surface area contributed by atoms with E-state index in [1.807, 2.05) is 0 Å². The van der Waals surface area contributed by atoms with Gasteiger partial charge >= 0.3 is 5.97 Å². The molecule has 5 nitrogen and oxygen atoms in total. The number of fused-ring (bicyclic) bond motifs is 1. The monoisotopic (exact) mass is 177 g/mol. The molecule has 0 atom stereocenters. The summed E-state index contributed by atoms with van der Waals surface area (Å²) in [6.07, 6.45) is 6.46. The first kappa shape index (κ1) is 7.72. The maximum Gasteiger partial charge on any atom is 0.339 e. The average Bonchev–Trinajstić information content (AvgIpc) is 2.17. The van der Waals surface area contributed by atoms with Gasteiger partial charge in [-0.3, -0.25) is 9.89 Å². The molecule has 0 aromatic rings. The van der Waals surface area contributed by atoms with Crippen molar-refractivity contribution < 1.29 is 9.90 Å². The Labute approximate surface area is 74.4 Å². The quantitative estimate of drug-likeness (QED) is 0.623. The molecule has 2 aliphatic heterocycles. The molecular formula is C8H7N3O2. The zero-order valence-electron chi connectivity index (χ0n) is 6.71. The van der Waals surface area contributed by atoms with Crippen LogP contribution in [-0.4, -0.2) is 34.8 Å². The Morgan fingerprint density at radius 1 is 1.62 bits per heavy atom. The molecule has 0 bridgehead atoms. The second kappa shape index (κ2) is 2.85. The van der Waals surface area contributed by atoms with Gasteiger partial charge in [0.05, 0.1) is 6.34 Å². The van der Waals surface area contributed by atoms with Crippen molar-refractivity contribution >= 4 is 18.1 Å². The first-order valence-corrected chi connectivity index (χ1v) is 3.74. The minimum absolute atomic E-state index is 0.202. The van der Waals surface area contributed by atoms with Crippen molar-refractivity contribution in [2.75, 3.05) is 6.67 Å². The van der Waals surface area contributed by atoms with Crippen LogP contribution >= 0.6 is 0 Å². The summed E-state index contributed by atoms with van der Waals surface area (Å²) in [5, 5.41) is 8.82. The lowest BCUT2D eigenvalue weighted by Gasteiger charge is -2.22. The highest BCUT2D eigenvalue weighted by atomic mass is 16.4. The van der Waals surface area contributed by atoms with Crippen LogP contribution in [0, 0.1) is 0 Å². The molecule has 66 valence electrons. The summed E-state index contributed by atoms with van der Waals surface area (Å²) in [7, 11) is 0. The van der Waals surface area contributed by atoms with E-state index in [9.17, 15) is 4.79 Å². The molecule has 0 spiro atoms. The number of hydrogen-bond acceptors (Lipinski definition) is 4. The maximum atomic E-state index is 10.8. The largest absolute Gasteiger partial charge is 0.478 e. The molecule has 0 saturated carbocycles. The number of hydrogen-bond donors (Lipinski definition) is 1. The van der Waals surface area contributed by atoms with Crippen LogP contribution in [0.15, 0.2) is 33.9 Å². The number of carboxylic acid groups (broad SMARTS) is 1. The average molecular weight is 177 g/mol. The third kappa shape index (κ3) is 1.24. The van der Waals surface area contributed by atoms with Crippen LogP contribution < -0.4 is 0 Å². The molecule has 0 radical (unpaired) electrons. The van der Waals surface area contributed by atoms with Gasteiger partial charge in [0, 0.05) is 6.20 Å². The van der Waals surface area contributed by atoms with Gasteiger partial charge in [0.1, 0.15) is 18.1 Å². The number of nitrogens with zero attached hydrogens (tertiary/aromatic N) is 3. The Bertz CT molecular complexity index is 366. The summed E-state index contributed by atoms with van der Waals surface area (Å²) in [6.45, 7) is 0.296. The molecule has 0 unspecified atom stereocenters. The van der Waals surface area contributed by atoms with Gasteiger partial charge in [0.2, 0.25) is 0 Å². The number of aliphatic imine (C=N–C) groups is 2. The van der Waals surface area contributed by atoms with Crippen LogP contribution in [0.5, 0.6) is 0 Å². The lowest BCUT2D eigenvalue weighted by Crippen LogP contribution is -2.33. The van der Waals surface area contributed by atoms with E-state index in [0.29, 0.717) is 12.5 Å². The third-order valence-corrected chi connectivity index (χ3v) is 1.73. The number of amidine groups is 1. The van der Waals surface area contributed by atoms with Crippen molar-refractivity contribution in [3.05, 3.63) is 23.9 Å². The van der Waals surface area contributed by atoms with E-state index < -0.39 is 5.97 Å². The predicted octanol–water partition coefficient (Wildman–Crippen LogP) is 0.225. The molecule has 5 heteroatoms. The van der Waals surface area contributed by atoms with E-state index in [-0.39, 0.29) is 5.57 Å². The second-order valence-electron chi connectivity index (χ2n) is 2.56. The summed E-state index contributed by atoms with van der Waals surface area (Å²) in [5.74, 6) is -0.520. The second-order valence-corrected chi connectivity index (χ2v) is 2.56. The van der Waals surface area contributed by atoms with Crippen LogP contribution in [0.2, 0.25) is 0 Å². The van der Waals surface area contributed by atoms with E-state index in [1.54, 1.807) is 23.5 Å². The fraction of sp³-hybridized carbons (Fsp3) is 0.125. The number of allylic oxidation sites excluding steroid dienone is 2. The summed E-state index contributed by atoms with van der Waals surface area (Å²) in [5.41, 5.74) is 0.202. The van der Waals surface area contributed by atoms with E-state index in [4.69, 9.17) is 5.11 Å². The molecule has 0 aromatic heterocycles. The topological polar surface area (TPSA) is 65.3 Å². The van der Waals surface area contributed by atoms with Crippen LogP contribution in [0.4, 0.5) is 0 Å². The van der Waals surface area contributed by atoms with Crippen molar-refractivity contribution in [1.29, 1.82) is 0 Å². The Kier molecular flexibility index (Phi) is 1.70. The zero-order valence-corrected chi connectivity index (χ0v) is 6.71. The highest BCUT2D eigenvalue weighted by Crippen LogP contribution is 2.12. The molecule has 0 aliphatic carbocycles. The summed E-state index contributed by atoms with van der Waals surface area (Å²) in [6, 6.07) is 0. The molecule has 2 aliphatic rings. The molecule has 0 amide bonds. The van der Waals surface area contributed by atoms with Gasteiger partial charge in [-0.15, -0.1) is 0 Å². The Balaban J connectivity index is 2.39. The number of aliphatic carboxylic acids is 1. The van der Waals surface area contributed by atoms with Crippen molar-refractivity contribution in [3.63, 3.8) is 0 Å². The minimum atomic E-state index is -0.969. The predicted molar refractivity (Wildman–Crippen MR) is 47.5 cm³/mol. The van der Waals surface area contributed by atoms with Gasteiger partial charge in [-0.1, -0.05) is 0 Å². The van der Waals surface area contributed by atoms with Crippen LogP contribution in [0.3, 0.4) is 0 Å². The van der Waals surface area contributed by atoms with Gasteiger partial charge in [-0.05, 0) is 12.2 Å². The number of carbonyl (C=O) groups is 1. The van der Waals surface area contributed by atoms with E-state index in [2.05, 4.69) is 9.98 Å². The summed E-state index contributed by atoms with van der Waals surface area (Å²) >= 11 is 0. The van der Waals surface area contributed by atoms with Gasteiger partial charge in [-0.25, -0.2) is 9.79 Å². The Morgan fingerprint density at radius 3 is 3.23 bits per heavy atom.